The molecule has 28 heavy (non-hydrogen) atoms. The van der Waals surface area contributed by atoms with E-state index in [1.165, 1.54) is 16.2 Å². The molecule has 1 spiro atoms. The highest BCUT2D eigenvalue weighted by Crippen LogP contribution is 2.43. The fourth-order valence-electron chi connectivity index (χ4n) is 4.23. The second kappa shape index (κ2) is 7.11. The molecule has 4 rings (SSSR count). The molecule has 0 N–H and O–H groups in total. The van der Waals surface area contributed by atoms with Crippen molar-refractivity contribution in [3.8, 4) is 0 Å². The Kier molecular flexibility index (Phi) is 4.91. The van der Waals surface area contributed by atoms with Crippen LogP contribution in [-0.2, 0) is 12.0 Å². The number of carbonyl (C=O) groups excluding carboxylic acids is 2. The number of piperidine rings is 1. The Morgan fingerprint density at radius 1 is 1.11 bits per heavy atom. The number of fused-ring (bicyclic) bond motifs is 2. The van der Waals surface area contributed by atoms with Gasteiger partial charge in [0.05, 0.1) is 22.3 Å². The number of urea groups is 1. The van der Waals surface area contributed by atoms with Crippen molar-refractivity contribution in [1.29, 1.82) is 0 Å². The van der Waals surface area contributed by atoms with Crippen molar-refractivity contribution in [3.05, 3.63) is 31.7 Å². The van der Waals surface area contributed by atoms with Crippen molar-refractivity contribution in [1.82, 2.24) is 24.7 Å². The monoisotopic (exact) mass is 419 g/mol. The second-order valence-electron chi connectivity index (χ2n) is 7.86. The molecule has 1 saturated heterocycles. The number of carbonyl (C=O) groups is 2. The lowest BCUT2D eigenvalue weighted by Crippen LogP contribution is -2.55. The molecule has 0 atom stereocenters. The van der Waals surface area contributed by atoms with Crippen LogP contribution < -0.4 is 0 Å². The number of likely N-dealkylation sites (tertiary alicyclic amines) is 1. The Morgan fingerprint density at radius 2 is 1.82 bits per heavy atom. The molecule has 2 aliphatic rings. The number of nitrogens with zero attached hydrogens (tertiary/aromatic N) is 5. The van der Waals surface area contributed by atoms with E-state index in [-0.39, 0.29) is 17.4 Å². The molecule has 0 unspecified atom stereocenters. The topological polar surface area (TPSA) is 69.6 Å². The summed E-state index contributed by atoms with van der Waals surface area (Å²) < 4.78 is 0. The van der Waals surface area contributed by atoms with Crippen molar-refractivity contribution in [2.75, 3.05) is 33.7 Å². The van der Waals surface area contributed by atoms with E-state index in [9.17, 15) is 9.59 Å². The zero-order valence-corrected chi connectivity index (χ0v) is 18.3. The molecule has 0 saturated carbocycles. The quantitative estimate of drug-likeness (QED) is 0.713. The normalized spacial score (nSPS) is 18.3. The molecule has 9 heteroatoms. The molecule has 1 fully saturated rings. The number of hydrogen-bond donors (Lipinski definition) is 0. The van der Waals surface area contributed by atoms with Crippen LogP contribution in [0.2, 0.25) is 0 Å². The Morgan fingerprint density at radius 3 is 2.43 bits per heavy atom. The number of aromatic nitrogens is 2. The summed E-state index contributed by atoms with van der Waals surface area (Å²) in [7, 11) is 3.57. The van der Waals surface area contributed by atoms with Gasteiger partial charge in [-0.1, -0.05) is 0 Å². The lowest BCUT2D eigenvalue weighted by atomic mass is 9.73. The number of amides is 3. The summed E-state index contributed by atoms with van der Waals surface area (Å²) in [4.78, 5) is 41.3. The highest BCUT2D eigenvalue weighted by atomic mass is 32.1. The number of thiazole rings is 2. The summed E-state index contributed by atoms with van der Waals surface area (Å²) in [6, 6.07) is 0.0474. The highest BCUT2D eigenvalue weighted by Gasteiger charge is 2.46. The number of hydrogen-bond acceptors (Lipinski definition) is 6. The molecule has 150 valence electrons. The predicted molar refractivity (Wildman–Crippen MR) is 110 cm³/mol. The molecular formula is C19H25N5O2S2. The maximum absolute atomic E-state index is 13.1. The van der Waals surface area contributed by atoms with Gasteiger partial charge in [-0.05, 0) is 26.7 Å². The largest absolute Gasteiger partial charge is 0.331 e. The van der Waals surface area contributed by atoms with Crippen molar-refractivity contribution < 1.29 is 9.59 Å². The highest BCUT2D eigenvalue weighted by molar-refractivity contribution is 7.11. The summed E-state index contributed by atoms with van der Waals surface area (Å²) >= 11 is 3.18. The van der Waals surface area contributed by atoms with Crippen molar-refractivity contribution in [3.63, 3.8) is 0 Å². The molecule has 0 bridgehead atoms. The van der Waals surface area contributed by atoms with Crippen LogP contribution in [0.5, 0.6) is 0 Å². The molecule has 2 aliphatic heterocycles. The Bertz CT molecular complexity index is 911. The van der Waals surface area contributed by atoms with Crippen molar-refractivity contribution in [2.24, 2.45) is 0 Å². The fraction of sp³-hybridized carbons (Fsp3) is 0.579. The molecule has 2 aromatic heterocycles. The van der Waals surface area contributed by atoms with Crippen molar-refractivity contribution >= 4 is 34.6 Å². The molecule has 3 amide bonds. The number of rotatable bonds is 1. The van der Waals surface area contributed by atoms with E-state index in [0.717, 1.165) is 28.6 Å². The maximum Gasteiger partial charge on any atom is 0.319 e. The van der Waals surface area contributed by atoms with Crippen LogP contribution in [0.4, 0.5) is 4.79 Å². The smallest absolute Gasteiger partial charge is 0.319 e. The summed E-state index contributed by atoms with van der Waals surface area (Å²) in [5.74, 6) is -0.00720. The van der Waals surface area contributed by atoms with Gasteiger partial charge in [0.15, 0.2) is 0 Å². The average molecular weight is 420 g/mol. The van der Waals surface area contributed by atoms with Gasteiger partial charge in [-0.2, -0.15) is 0 Å². The van der Waals surface area contributed by atoms with Crippen LogP contribution in [0, 0.1) is 13.8 Å². The van der Waals surface area contributed by atoms with Crippen LogP contribution in [0.15, 0.2) is 5.38 Å². The first-order valence-electron chi connectivity index (χ1n) is 9.43. The number of aryl methyl sites for hydroxylation is 2. The molecule has 4 heterocycles. The van der Waals surface area contributed by atoms with Gasteiger partial charge in [0.2, 0.25) is 0 Å². The summed E-state index contributed by atoms with van der Waals surface area (Å²) in [5, 5.41) is 3.78. The third kappa shape index (κ3) is 3.30. The summed E-state index contributed by atoms with van der Waals surface area (Å²) in [6.07, 6.45) is 1.64. The van der Waals surface area contributed by atoms with Gasteiger partial charge >= 0.3 is 6.03 Å². The van der Waals surface area contributed by atoms with Crippen LogP contribution >= 0.6 is 22.7 Å². The van der Waals surface area contributed by atoms with E-state index in [1.54, 1.807) is 30.3 Å². The zero-order valence-electron chi connectivity index (χ0n) is 16.7. The van der Waals surface area contributed by atoms with E-state index < -0.39 is 0 Å². The third-order valence-corrected chi connectivity index (χ3v) is 7.36. The maximum atomic E-state index is 13.1. The van der Waals surface area contributed by atoms with Crippen molar-refractivity contribution in [2.45, 2.75) is 38.6 Å². The van der Waals surface area contributed by atoms with Crippen LogP contribution in [-0.4, -0.2) is 70.3 Å². The summed E-state index contributed by atoms with van der Waals surface area (Å²) in [5.41, 5.74) is 1.50. The Hall–Kier alpha value is -2.00. The molecule has 0 radical (unpaired) electrons. The van der Waals surface area contributed by atoms with E-state index in [4.69, 9.17) is 4.98 Å². The molecular weight excluding hydrogens is 394 g/mol. The molecule has 0 aliphatic carbocycles. The van der Waals surface area contributed by atoms with E-state index in [0.29, 0.717) is 31.9 Å². The van der Waals surface area contributed by atoms with Gasteiger partial charge in [0.1, 0.15) is 5.69 Å². The zero-order chi connectivity index (χ0) is 20.1. The van der Waals surface area contributed by atoms with E-state index in [2.05, 4.69) is 4.98 Å². The Balaban J connectivity index is 1.61. The minimum atomic E-state index is -0.178. The lowest BCUT2D eigenvalue weighted by molar-refractivity contribution is 0.0583. The fourth-order valence-corrected chi connectivity index (χ4v) is 5.89. The molecule has 7 nitrogen and oxygen atoms in total. The third-order valence-electron chi connectivity index (χ3n) is 5.63. The van der Waals surface area contributed by atoms with Gasteiger partial charge < -0.3 is 14.7 Å². The molecule has 2 aromatic rings. The molecule has 0 aromatic carbocycles. The SMILES string of the molecule is Cc1nc(C(=O)N2Cc3sc(C)nc3C3(CCN(C(=O)N(C)C)CC3)C2)cs1. The predicted octanol–water partition coefficient (Wildman–Crippen LogP) is 2.89. The Labute approximate surface area is 173 Å². The first-order chi connectivity index (χ1) is 13.3. The average Bonchev–Trinajstić information content (AvgIpc) is 3.26. The van der Waals surface area contributed by atoms with Crippen LogP contribution in [0.25, 0.3) is 0 Å². The van der Waals surface area contributed by atoms with Gasteiger partial charge in [-0.3, -0.25) is 4.79 Å². The minimum Gasteiger partial charge on any atom is -0.331 e. The minimum absolute atomic E-state index is 0.00720. The lowest BCUT2D eigenvalue weighted by Gasteiger charge is -2.46. The standard InChI is InChI=1S/C19H25N5O2S2/c1-12-20-14(10-27-12)17(25)24-9-15-16(21-13(2)28-15)19(11-24)5-7-23(8-6-19)18(26)22(3)4/h10H,5-9,11H2,1-4H3. The van der Waals surface area contributed by atoms with E-state index >= 15 is 0 Å². The second-order valence-corrected chi connectivity index (χ2v) is 10.2. The van der Waals surface area contributed by atoms with Crippen LogP contribution in [0.1, 0.15) is 43.9 Å². The van der Waals surface area contributed by atoms with E-state index in [1.807, 2.05) is 29.0 Å². The first kappa shape index (κ1) is 19.3. The van der Waals surface area contributed by atoms with Gasteiger partial charge in [0.25, 0.3) is 5.91 Å². The van der Waals surface area contributed by atoms with Gasteiger partial charge in [-0.15, -0.1) is 22.7 Å². The van der Waals surface area contributed by atoms with Gasteiger partial charge in [-0.25, -0.2) is 14.8 Å². The van der Waals surface area contributed by atoms with Gasteiger partial charge in [0, 0.05) is 49.4 Å². The summed E-state index contributed by atoms with van der Waals surface area (Å²) in [6.45, 7) is 6.55. The first-order valence-corrected chi connectivity index (χ1v) is 11.1. The van der Waals surface area contributed by atoms with Crippen LogP contribution in [0.3, 0.4) is 0 Å².